The molecule has 0 amide bonds. The van der Waals surface area contributed by atoms with Crippen LogP contribution in [0, 0.1) is 0 Å². The fraction of sp³-hybridized carbons (Fsp3) is 0.211. The highest BCUT2D eigenvalue weighted by molar-refractivity contribution is 9.10. The number of aliphatic hydroxyl groups is 1. The highest BCUT2D eigenvalue weighted by atomic mass is 79.9. The first-order chi connectivity index (χ1) is 13.1. The largest absolute Gasteiger partial charge is 0.490 e. The Morgan fingerprint density at radius 2 is 1.78 bits per heavy atom. The molecule has 1 N–H and O–H groups in total. The average molecular weight is 433 g/mol. The van der Waals surface area contributed by atoms with Gasteiger partial charge in [0.15, 0.2) is 5.69 Å². The molecule has 0 aliphatic carbocycles. The number of esters is 1. The van der Waals surface area contributed by atoms with Crippen molar-refractivity contribution >= 4 is 32.7 Å². The van der Waals surface area contributed by atoms with E-state index in [4.69, 9.17) is 14.6 Å². The molecule has 3 aromatic rings. The van der Waals surface area contributed by atoms with Gasteiger partial charge in [0, 0.05) is 9.86 Å². The van der Waals surface area contributed by atoms with Crippen LogP contribution >= 0.6 is 15.9 Å². The van der Waals surface area contributed by atoms with Gasteiger partial charge >= 0.3 is 5.97 Å². The molecule has 1 heterocycles. The molecule has 0 atom stereocenters. The lowest BCUT2D eigenvalue weighted by molar-refractivity contribution is 0.0443. The predicted octanol–water partition coefficient (Wildman–Crippen LogP) is 2.39. The Morgan fingerprint density at radius 1 is 1.07 bits per heavy atom. The van der Waals surface area contributed by atoms with Crippen molar-refractivity contribution in [3.63, 3.8) is 0 Å². The number of hydrogen-bond acceptors (Lipinski definition) is 6. The quantitative estimate of drug-likeness (QED) is 0.455. The van der Waals surface area contributed by atoms with Crippen LogP contribution in [0.4, 0.5) is 0 Å². The standard InChI is InChI=1S/C19H17BrN2O5/c20-13-5-7-14(8-6-13)26-11-12-27-19(25)17-15-3-1-2-4-16(15)18(24)22(21-17)9-10-23/h1-8,23H,9-12H2. The summed E-state index contributed by atoms with van der Waals surface area (Å²) in [7, 11) is 0. The minimum Gasteiger partial charge on any atom is -0.490 e. The van der Waals surface area contributed by atoms with Gasteiger partial charge in [-0.2, -0.15) is 5.10 Å². The molecule has 27 heavy (non-hydrogen) atoms. The van der Waals surface area contributed by atoms with Gasteiger partial charge in [-0.25, -0.2) is 9.48 Å². The van der Waals surface area contributed by atoms with E-state index in [-0.39, 0.29) is 37.6 Å². The van der Waals surface area contributed by atoms with E-state index in [1.807, 2.05) is 12.1 Å². The van der Waals surface area contributed by atoms with E-state index in [9.17, 15) is 9.59 Å². The third kappa shape index (κ3) is 4.53. The van der Waals surface area contributed by atoms with Crippen molar-refractivity contribution in [3.05, 3.63) is 69.1 Å². The SMILES string of the molecule is O=C(OCCOc1ccc(Br)cc1)c1nn(CCO)c(=O)c2ccccc12. The van der Waals surface area contributed by atoms with Crippen LogP contribution in [0.25, 0.3) is 10.8 Å². The third-order valence-corrected chi connectivity index (χ3v) is 4.30. The molecular formula is C19H17BrN2O5. The highest BCUT2D eigenvalue weighted by Gasteiger charge is 2.17. The van der Waals surface area contributed by atoms with Crippen LogP contribution in [-0.4, -0.2) is 40.7 Å². The van der Waals surface area contributed by atoms with Crippen LogP contribution in [0.1, 0.15) is 10.5 Å². The van der Waals surface area contributed by atoms with Crippen LogP contribution in [0.2, 0.25) is 0 Å². The zero-order valence-corrected chi connectivity index (χ0v) is 15.9. The van der Waals surface area contributed by atoms with E-state index in [2.05, 4.69) is 21.0 Å². The van der Waals surface area contributed by atoms with Gasteiger partial charge in [-0.15, -0.1) is 0 Å². The molecule has 2 aromatic carbocycles. The molecule has 140 valence electrons. The van der Waals surface area contributed by atoms with Crippen molar-refractivity contribution in [2.45, 2.75) is 6.54 Å². The van der Waals surface area contributed by atoms with Crippen LogP contribution in [-0.2, 0) is 11.3 Å². The minimum absolute atomic E-state index is 0.00335. The second-order valence-electron chi connectivity index (χ2n) is 5.58. The van der Waals surface area contributed by atoms with Gasteiger partial charge in [0.2, 0.25) is 0 Å². The molecule has 1 aromatic heterocycles. The lowest BCUT2D eigenvalue weighted by Crippen LogP contribution is -2.28. The number of aliphatic hydroxyl groups excluding tert-OH is 1. The van der Waals surface area contributed by atoms with E-state index in [0.717, 1.165) is 9.15 Å². The Labute approximate surface area is 163 Å². The van der Waals surface area contributed by atoms with Crippen LogP contribution in [0.3, 0.4) is 0 Å². The molecule has 0 aliphatic heterocycles. The number of ether oxygens (including phenoxy) is 2. The second kappa shape index (κ2) is 8.79. The maximum absolute atomic E-state index is 12.5. The van der Waals surface area contributed by atoms with Crippen molar-refractivity contribution < 1.29 is 19.4 Å². The number of rotatable bonds is 7. The Balaban J connectivity index is 1.72. The minimum atomic E-state index is -0.655. The topological polar surface area (TPSA) is 90.7 Å². The van der Waals surface area contributed by atoms with Gasteiger partial charge < -0.3 is 14.6 Å². The van der Waals surface area contributed by atoms with E-state index in [1.165, 1.54) is 0 Å². The van der Waals surface area contributed by atoms with Crippen molar-refractivity contribution in [1.82, 2.24) is 9.78 Å². The zero-order valence-electron chi connectivity index (χ0n) is 14.3. The number of carbonyl (C=O) groups is 1. The summed E-state index contributed by atoms with van der Waals surface area (Å²) >= 11 is 3.34. The maximum Gasteiger partial charge on any atom is 0.359 e. The van der Waals surface area contributed by atoms with Gasteiger partial charge in [0.1, 0.15) is 19.0 Å². The van der Waals surface area contributed by atoms with E-state index < -0.39 is 5.97 Å². The molecule has 7 nitrogen and oxygen atoms in total. The zero-order chi connectivity index (χ0) is 19.2. The van der Waals surface area contributed by atoms with Crippen molar-refractivity contribution in [3.8, 4) is 5.75 Å². The van der Waals surface area contributed by atoms with E-state index in [0.29, 0.717) is 16.5 Å². The molecule has 8 heteroatoms. The first-order valence-electron chi connectivity index (χ1n) is 8.26. The summed E-state index contributed by atoms with van der Waals surface area (Å²) in [5.74, 6) is 0.00613. The van der Waals surface area contributed by atoms with Gasteiger partial charge in [0.05, 0.1) is 18.5 Å². The molecule has 0 unspecified atom stereocenters. The Bertz CT molecular complexity index is 1000. The van der Waals surface area contributed by atoms with Gasteiger partial charge in [-0.05, 0) is 30.3 Å². The second-order valence-corrected chi connectivity index (χ2v) is 6.50. The predicted molar refractivity (Wildman–Crippen MR) is 103 cm³/mol. The summed E-state index contributed by atoms with van der Waals surface area (Å²) in [6.45, 7) is -0.0526. The van der Waals surface area contributed by atoms with Crippen LogP contribution in [0.15, 0.2) is 57.8 Å². The molecule has 0 bridgehead atoms. The first kappa shape index (κ1) is 19.1. The number of fused-ring (bicyclic) bond motifs is 1. The summed E-state index contributed by atoms with van der Waals surface area (Å²) in [6.07, 6.45) is 0. The average Bonchev–Trinajstić information content (AvgIpc) is 2.69. The number of hydrogen-bond donors (Lipinski definition) is 1. The fourth-order valence-corrected chi connectivity index (χ4v) is 2.79. The number of nitrogens with zero attached hydrogens (tertiary/aromatic N) is 2. The van der Waals surface area contributed by atoms with Crippen LogP contribution < -0.4 is 10.3 Å². The van der Waals surface area contributed by atoms with Gasteiger partial charge in [-0.3, -0.25) is 4.79 Å². The highest BCUT2D eigenvalue weighted by Crippen LogP contribution is 2.16. The van der Waals surface area contributed by atoms with E-state index >= 15 is 0 Å². The smallest absolute Gasteiger partial charge is 0.359 e. The fourth-order valence-electron chi connectivity index (χ4n) is 2.53. The molecule has 0 aliphatic rings. The molecule has 0 saturated carbocycles. The van der Waals surface area contributed by atoms with Crippen molar-refractivity contribution in [2.24, 2.45) is 0 Å². The Hall–Kier alpha value is -2.71. The summed E-state index contributed by atoms with van der Waals surface area (Å²) in [5.41, 5.74) is -0.336. The summed E-state index contributed by atoms with van der Waals surface area (Å²) < 4.78 is 12.8. The summed E-state index contributed by atoms with van der Waals surface area (Å²) in [4.78, 5) is 24.8. The maximum atomic E-state index is 12.5. The first-order valence-corrected chi connectivity index (χ1v) is 9.05. The molecule has 0 spiro atoms. The lowest BCUT2D eigenvalue weighted by Gasteiger charge is -2.10. The molecule has 3 rings (SSSR count). The number of halogens is 1. The van der Waals surface area contributed by atoms with Gasteiger partial charge in [-0.1, -0.05) is 34.1 Å². The molecule has 0 fully saturated rings. The number of aromatic nitrogens is 2. The van der Waals surface area contributed by atoms with E-state index in [1.54, 1.807) is 36.4 Å². The normalized spacial score (nSPS) is 10.7. The molecular weight excluding hydrogens is 416 g/mol. The monoisotopic (exact) mass is 432 g/mol. The third-order valence-electron chi connectivity index (χ3n) is 3.77. The number of benzene rings is 2. The number of carbonyl (C=O) groups excluding carboxylic acids is 1. The van der Waals surface area contributed by atoms with Crippen molar-refractivity contribution in [1.29, 1.82) is 0 Å². The summed E-state index contributed by atoms with van der Waals surface area (Å²) in [5, 5.41) is 13.9. The van der Waals surface area contributed by atoms with Gasteiger partial charge in [0.25, 0.3) is 5.56 Å². The van der Waals surface area contributed by atoms with Crippen molar-refractivity contribution in [2.75, 3.05) is 19.8 Å². The molecule has 0 saturated heterocycles. The Morgan fingerprint density at radius 3 is 2.48 bits per heavy atom. The lowest BCUT2D eigenvalue weighted by atomic mass is 10.1. The summed E-state index contributed by atoms with van der Waals surface area (Å²) in [6, 6.07) is 14.0. The Kier molecular flexibility index (Phi) is 6.20. The van der Waals surface area contributed by atoms with Crippen LogP contribution in [0.5, 0.6) is 5.75 Å². The molecule has 0 radical (unpaired) electrons.